The van der Waals surface area contributed by atoms with Gasteiger partial charge in [0.25, 0.3) is 0 Å². The molecule has 4 aromatic rings. The lowest BCUT2D eigenvalue weighted by Crippen LogP contribution is -2.54. The fourth-order valence-corrected chi connectivity index (χ4v) is 5.52. The zero-order chi connectivity index (χ0) is 21.1. The van der Waals surface area contributed by atoms with Crippen LogP contribution in [-0.4, -0.2) is 49.9 Å². The number of nitrogens with zero attached hydrogens (tertiary/aromatic N) is 5. The summed E-state index contributed by atoms with van der Waals surface area (Å²) in [5.41, 5.74) is 6.20. The number of aromatic amines is 1. The van der Waals surface area contributed by atoms with E-state index in [4.69, 9.17) is 9.97 Å². The Morgan fingerprint density at radius 2 is 1.94 bits per heavy atom. The number of hydrogen-bond acceptors (Lipinski definition) is 5. The van der Waals surface area contributed by atoms with Gasteiger partial charge < -0.3 is 15.2 Å². The van der Waals surface area contributed by atoms with Gasteiger partial charge in [0.05, 0.1) is 28.4 Å². The maximum Gasteiger partial charge on any atom is 0.203 e. The van der Waals surface area contributed by atoms with E-state index in [1.54, 1.807) is 0 Å². The van der Waals surface area contributed by atoms with Crippen LogP contribution in [-0.2, 0) is 7.05 Å². The number of H-pyrrole nitrogens is 1. The summed E-state index contributed by atoms with van der Waals surface area (Å²) in [6.07, 6.45) is 10.3. The Balaban J connectivity index is 1.32. The van der Waals surface area contributed by atoms with Gasteiger partial charge in [-0.2, -0.15) is 5.10 Å². The Bertz CT molecular complexity index is 1260. The van der Waals surface area contributed by atoms with E-state index in [0.717, 1.165) is 44.7 Å². The van der Waals surface area contributed by atoms with Crippen LogP contribution in [0.4, 0.5) is 5.95 Å². The minimum atomic E-state index is 0.528. The Kier molecular flexibility index (Phi) is 4.28. The van der Waals surface area contributed by atoms with Crippen molar-refractivity contribution in [2.24, 2.45) is 7.05 Å². The van der Waals surface area contributed by atoms with Crippen LogP contribution in [0.3, 0.4) is 0 Å². The standard InChI is InChI=1S/C24H29N7/c1-14-7-15(8-16-13-30(2)29-23(14)16)20-11-21-22(12-25-20)28-24(27-21)31(3)19-9-17-5-4-6-18(10-19)26-17/h7-8,11-13,17-19,26H,4-6,9-10H2,1-3H3,(H,27,28). The normalized spacial score (nSPS) is 23.5. The van der Waals surface area contributed by atoms with E-state index < -0.39 is 0 Å². The number of piperidine rings is 2. The van der Waals surface area contributed by atoms with Crippen molar-refractivity contribution in [3.05, 3.63) is 36.2 Å². The molecule has 2 aliphatic rings. The summed E-state index contributed by atoms with van der Waals surface area (Å²) >= 11 is 0. The molecule has 0 amide bonds. The SMILES string of the molecule is Cc1cc(-c2cc3nc(N(C)C4CC5CCCC(C4)N5)[nH]c3cn2)cc2cn(C)nc12. The molecular formula is C24H29N7. The van der Waals surface area contributed by atoms with Crippen molar-refractivity contribution in [2.45, 2.75) is 57.2 Å². The topological polar surface area (TPSA) is 74.7 Å². The number of aryl methyl sites for hydroxylation is 2. The van der Waals surface area contributed by atoms with Gasteiger partial charge in [-0.3, -0.25) is 9.67 Å². The van der Waals surface area contributed by atoms with Crippen LogP contribution < -0.4 is 10.2 Å². The summed E-state index contributed by atoms with van der Waals surface area (Å²) in [7, 11) is 4.14. The smallest absolute Gasteiger partial charge is 0.203 e. The molecule has 2 unspecified atom stereocenters. The molecule has 1 aromatic carbocycles. The van der Waals surface area contributed by atoms with Crippen LogP contribution in [0.2, 0.25) is 0 Å². The molecule has 2 N–H and O–H groups in total. The molecule has 160 valence electrons. The van der Waals surface area contributed by atoms with Crippen LogP contribution >= 0.6 is 0 Å². The number of nitrogens with one attached hydrogen (secondary N) is 2. The largest absolute Gasteiger partial charge is 0.342 e. The van der Waals surface area contributed by atoms with Gasteiger partial charge in [-0.05, 0) is 56.4 Å². The van der Waals surface area contributed by atoms with Gasteiger partial charge in [0, 0.05) is 49.4 Å². The highest BCUT2D eigenvalue weighted by Crippen LogP contribution is 2.31. The number of benzene rings is 1. The first-order valence-corrected chi connectivity index (χ1v) is 11.3. The molecule has 5 heterocycles. The molecule has 31 heavy (non-hydrogen) atoms. The van der Waals surface area contributed by atoms with Gasteiger partial charge in [-0.25, -0.2) is 4.98 Å². The van der Waals surface area contributed by atoms with Crippen LogP contribution in [0.1, 0.15) is 37.7 Å². The van der Waals surface area contributed by atoms with E-state index >= 15 is 0 Å². The van der Waals surface area contributed by atoms with Crippen LogP contribution in [0.25, 0.3) is 33.2 Å². The minimum absolute atomic E-state index is 0.528. The number of anilines is 1. The lowest BCUT2D eigenvalue weighted by Gasteiger charge is -2.43. The average molecular weight is 416 g/mol. The molecule has 3 aromatic heterocycles. The second-order valence-corrected chi connectivity index (χ2v) is 9.41. The molecule has 0 radical (unpaired) electrons. The first kappa shape index (κ1) is 18.8. The molecule has 2 saturated heterocycles. The van der Waals surface area contributed by atoms with Gasteiger partial charge in [0.15, 0.2) is 0 Å². The van der Waals surface area contributed by atoms with Gasteiger partial charge in [-0.1, -0.05) is 6.42 Å². The van der Waals surface area contributed by atoms with E-state index in [2.05, 4.69) is 58.7 Å². The summed E-state index contributed by atoms with van der Waals surface area (Å²) < 4.78 is 1.86. The monoisotopic (exact) mass is 415 g/mol. The molecule has 6 rings (SSSR count). The van der Waals surface area contributed by atoms with Gasteiger partial charge in [-0.15, -0.1) is 0 Å². The van der Waals surface area contributed by atoms with Crippen LogP contribution in [0.5, 0.6) is 0 Å². The van der Waals surface area contributed by atoms with E-state index in [-0.39, 0.29) is 0 Å². The Morgan fingerprint density at radius 1 is 1.13 bits per heavy atom. The van der Waals surface area contributed by atoms with E-state index in [1.807, 2.05) is 17.9 Å². The minimum Gasteiger partial charge on any atom is -0.342 e. The van der Waals surface area contributed by atoms with Crippen molar-refractivity contribution in [3.63, 3.8) is 0 Å². The first-order chi connectivity index (χ1) is 15.0. The molecule has 2 atom stereocenters. The van der Waals surface area contributed by atoms with E-state index in [9.17, 15) is 0 Å². The van der Waals surface area contributed by atoms with E-state index in [0.29, 0.717) is 18.1 Å². The number of imidazole rings is 1. The number of pyridine rings is 1. The predicted molar refractivity (Wildman–Crippen MR) is 124 cm³/mol. The number of hydrogen-bond donors (Lipinski definition) is 2. The molecule has 0 saturated carbocycles. The second kappa shape index (κ2) is 7.05. The number of fused-ring (bicyclic) bond motifs is 4. The number of rotatable bonds is 3. The maximum atomic E-state index is 4.95. The highest BCUT2D eigenvalue weighted by atomic mass is 15.3. The lowest BCUT2D eigenvalue weighted by atomic mass is 9.83. The third-order valence-electron chi connectivity index (χ3n) is 7.14. The van der Waals surface area contributed by atoms with Gasteiger partial charge in [0.1, 0.15) is 0 Å². The fourth-order valence-electron chi connectivity index (χ4n) is 5.52. The van der Waals surface area contributed by atoms with Crippen molar-refractivity contribution < 1.29 is 0 Å². The molecule has 2 bridgehead atoms. The van der Waals surface area contributed by atoms with Gasteiger partial charge >= 0.3 is 0 Å². The molecule has 0 aliphatic carbocycles. The number of aromatic nitrogens is 5. The average Bonchev–Trinajstić information content (AvgIpc) is 3.35. The first-order valence-electron chi connectivity index (χ1n) is 11.3. The molecule has 2 fully saturated rings. The summed E-state index contributed by atoms with van der Waals surface area (Å²) in [6, 6.07) is 8.26. The third-order valence-corrected chi connectivity index (χ3v) is 7.14. The third kappa shape index (κ3) is 3.28. The Labute approximate surface area is 181 Å². The molecular weight excluding hydrogens is 386 g/mol. The fraction of sp³-hybridized carbons (Fsp3) is 0.458. The Hall–Kier alpha value is -2.93. The zero-order valence-electron chi connectivity index (χ0n) is 18.4. The van der Waals surface area contributed by atoms with Gasteiger partial charge in [0.2, 0.25) is 5.95 Å². The zero-order valence-corrected chi connectivity index (χ0v) is 18.4. The Morgan fingerprint density at radius 3 is 2.74 bits per heavy atom. The van der Waals surface area contributed by atoms with Crippen molar-refractivity contribution in [3.8, 4) is 11.3 Å². The highest BCUT2D eigenvalue weighted by molar-refractivity contribution is 5.88. The lowest BCUT2D eigenvalue weighted by molar-refractivity contribution is 0.219. The summed E-state index contributed by atoms with van der Waals surface area (Å²) in [6.45, 7) is 2.10. The molecule has 7 heteroatoms. The van der Waals surface area contributed by atoms with E-state index in [1.165, 1.54) is 32.1 Å². The predicted octanol–water partition coefficient (Wildman–Crippen LogP) is 3.93. The van der Waals surface area contributed by atoms with Crippen molar-refractivity contribution >= 4 is 27.9 Å². The molecule has 0 spiro atoms. The maximum absolute atomic E-state index is 4.95. The van der Waals surface area contributed by atoms with Crippen molar-refractivity contribution in [2.75, 3.05) is 11.9 Å². The second-order valence-electron chi connectivity index (χ2n) is 9.41. The quantitative estimate of drug-likeness (QED) is 0.530. The highest BCUT2D eigenvalue weighted by Gasteiger charge is 2.33. The molecule has 7 nitrogen and oxygen atoms in total. The van der Waals surface area contributed by atoms with Crippen LogP contribution in [0, 0.1) is 6.92 Å². The summed E-state index contributed by atoms with van der Waals surface area (Å²) in [5, 5.41) is 9.48. The van der Waals surface area contributed by atoms with Crippen molar-refractivity contribution in [1.29, 1.82) is 0 Å². The van der Waals surface area contributed by atoms with Crippen molar-refractivity contribution in [1.82, 2.24) is 30.0 Å². The summed E-state index contributed by atoms with van der Waals surface area (Å²) in [5.74, 6) is 0.942. The molecule has 2 aliphatic heterocycles. The van der Waals surface area contributed by atoms with Crippen LogP contribution in [0.15, 0.2) is 30.6 Å². The summed E-state index contributed by atoms with van der Waals surface area (Å²) in [4.78, 5) is 15.5.